The second-order valence-corrected chi connectivity index (χ2v) is 4.79. The van der Waals surface area contributed by atoms with Crippen molar-refractivity contribution in [3.8, 4) is 0 Å². The molecule has 1 amide bonds. The largest absolute Gasteiger partial charge is 0.313 e. The van der Waals surface area contributed by atoms with Crippen molar-refractivity contribution in [1.82, 2.24) is 0 Å². The lowest BCUT2D eigenvalue weighted by Crippen LogP contribution is -2.62. The summed E-state index contributed by atoms with van der Waals surface area (Å²) in [6, 6.07) is 7.10. The number of anilines is 1. The molecule has 2 N–H and O–H groups in total. The molecule has 18 heavy (non-hydrogen) atoms. The maximum absolute atomic E-state index is 12.4. The smallest absolute Gasteiger partial charge is 0.254 e. The Hall–Kier alpha value is -1.68. The highest BCUT2D eigenvalue weighted by Gasteiger charge is 2.48. The molecule has 4 nitrogen and oxygen atoms in total. The number of Topliss-reactive ketones (excluding diaryl/α,β-unsaturated/α-hetero) is 1. The molecule has 0 spiro atoms. The van der Waals surface area contributed by atoms with Crippen LogP contribution in [-0.2, 0) is 4.79 Å². The van der Waals surface area contributed by atoms with Crippen molar-refractivity contribution < 1.29 is 9.59 Å². The molecule has 0 radical (unpaired) electrons. The first kappa shape index (κ1) is 12.8. The molecule has 1 aromatic carbocycles. The minimum Gasteiger partial charge on any atom is -0.313 e. The highest BCUT2D eigenvalue weighted by Crippen LogP contribution is 2.32. The van der Waals surface area contributed by atoms with E-state index in [-0.39, 0.29) is 11.7 Å². The molecule has 2 rings (SSSR count). The van der Waals surface area contributed by atoms with Crippen molar-refractivity contribution in [2.45, 2.75) is 31.7 Å². The van der Waals surface area contributed by atoms with Crippen LogP contribution in [0.3, 0.4) is 0 Å². The molecule has 0 saturated carbocycles. The van der Waals surface area contributed by atoms with E-state index in [1.807, 2.05) is 13.0 Å². The Morgan fingerprint density at radius 2 is 1.94 bits per heavy atom. The van der Waals surface area contributed by atoms with Gasteiger partial charge in [-0.1, -0.05) is 31.9 Å². The average Bonchev–Trinajstić information content (AvgIpc) is 2.41. The monoisotopic (exact) mass is 246 g/mol. The number of nitrogens with zero attached hydrogens (tertiary/aromatic N) is 1. The van der Waals surface area contributed by atoms with E-state index < -0.39 is 5.54 Å². The molecule has 0 fully saturated rings. The van der Waals surface area contributed by atoms with Gasteiger partial charge >= 0.3 is 0 Å². The summed E-state index contributed by atoms with van der Waals surface area (Å²) in [6.45, 7) is 2.01. The number of rotatable bonds is 3. The Morgan fingerprint density at radius 3 is 2.61 bits per heavy atom. The van der Waals surface area contributed by atoms with Crippen molar-refractivity contribution in [2.24, 2.45) is 5.73 Å². The van der Waals surface area contributed by atoms with E-state index in [0.717, 1.165) is 12.8 Å². The molecule has 0 bridgehead atoms. The van der Waals surface area contributed by atoms with Crippen LogP contribution in [0.1, 0.15) is 36.5 Å². The van der Waals surface area contributed by atoms with E-state index in [1.54, 1.807) is 25.2 Å². The number of hydrogen-bond donors (Lipinski definition) is 1. The lowest BCUT2D eigenvalue weighted by Gasteiger charge is -2.37. The Kier molecular flexibility index (Phi) is 3.22. The van der Waals surface area contributed by atoms with Crippen molar-refractivity contribution in [3.63, 3.8) is 0 Å². The fourth-order valence-corrected chi connectivity index (χ4v) is 2.38. The molecule has 1 aliphatic heterocycles. The molecule has 1 unspecified atom stereocenters. The Bertz CT molecular complexity index is 498. The molecule has 0 aromatic heterocycles. The quantitative estimate of drug-likeness (QED) is 0.826. The van der Waals surface area contributed by atoms with E-state index in [4.69, 9.17) is 5.73 Å². The molecule has 1 atom stereocenters. The van der Waals surface area contributed by atoms with Gasteiger partial charge in [0.2, 0.25) is 0 Å². The zero-order chi connectivity index (χ0) is 13.3. The predicted octanol–water partition coefficient (Wildman–Crippen LogP) is 1.73. The molecule has 0 aliphatic carbocycles. The number of ketones is 1. The molecule has 0 saturated heterocycles. The summed E-state index contributed by atoms with van der Waals surface area (Å²) in [5.41, 5.74) is 5.89. The highest BCUT2D eigenvalue weighted by atomic mass is 16.2. The lowest BCUT2D eigenvalue weighted by atomic mass is 9.80. The van der Waals surface area contributed by atoms with Crippen LogP contribution in [0, 0.1) is 0 Å². The van der Waals surface area contributed by atoms with Gasteiger partial charge in [-0.05, 0) is 18.6 Å². The second kappa shape index (κ2) is 4.53. The third-order valence-corrected chi connectivity index (χ3v) is 3.53. The molecule has 1 aliphatic rings. The third-order valence-electron chi connectivity index (χ3n) is 3.53. The number of amides is 1. The van der Waals surface area contributed by atoms with Gasteiger partial charge in [0.1, 0.15) is 0 Å². The normalized spacial score (nSPS) is 23.2. The first-order chi connectivity index (χ1) is 8.52. The van der Waals surface area contributed by atoms with Crippen LogP contribution in [0.15, 0.2) is 24.3 Å². The average molecular weight is 246 g/mol. The summed E-state index contributed by atoms with van der Waals surface area (Å²) >= 11 is 0. The van der Waals surface area contributed by atoms with Crippen molar-refractivity contribution in [1.29, 1.82) is 0 Å². The lowest BCUT2D eigenvalue weighted by molar-refractivity contribution is -0.122. The van der Waals surface area contributed by atoms with Gasteiger partial charge in [0.15, 0.2) is 11.3 Å². The fourth-order valence-electron chi connectivity index (χ4n) is 2.38. The number of nitrogens with two attached hydrogens (primary N) is 1. The number of likely N-dealkylation sites (N-methyl/N-ethyl adjacent to an activating group) is 1. The first-order valence-corrected chi connectivity index (χ1v) is 6.23. The van der Waals surface area contributed by atoms with E-state index in [1.165, 1.54) is 4.90 Å². The molecule has 96 valence electrons. The molecule has 1 aromatic rings. The van der Waals surface area contributed by atoms with Crippen LogP contribution in [0.5, 0.6) is 0 Å². The topological polar surface area (TPSA) is 63.4 Å². The van der Waals surface area contributed by atoms with Gasteiger partial charge in [0.25, 0.3) is 5.91 Å². The van der Waals surface area contributed by atoms with Crippen LogP contribution in [0.2, 0.25) is 0 Å². The molecular formula is C14H18N2O2. The van der Waals surface area contributed by atoms with Crippen LogP contribution in [0.25, 0.3) is 0 Å². The van der Waals surface area contributed by atoms with Crippen LogP contribution in [0.4, 0.5) is 5.69 Å². The fraction of sp³-hybridized carbons (Fsp3) is 0.429. The Labute approximate surface area is 107 Å². The van der Waals surface area contributed by atoms with Gasteiger partial charge < -0.3 is 10.6 Å². The number of carbonyl (C=O) groups excluding carboxylic acids is 2. The number of benzene rings is 1. The van der Waals surface area contributed by atoms with Gasteiger partial charge in [-0.15, -0.1) is 0 Å². The van der Waals surface area contributed by atoms with E-state index in [0.29, 0.717) is 17.7 Å². The number of carbonyl (C=O) groups is 2. The predicted molar refractivity (Wildman–Crippen MR) is 70.6 cm³/mol. The summed E-state index contributed by atoms with van der Waals surface area (Å²) in [6.07, 6.45) is 2.08. The van der Waals surface area contributed by atoms with Gasteiger partial charge in [0, 0.05) is 12.6 Å². The summed E-state index contributed by atoms with van der Waals surface area (Å²) in [5.74, 6) is -0.561. The maximum atomic E-state index is 12.4. The molecular weight excluding hydrogens is 228 g/mol. The van der Waals surface area contributed by atoms with Crippen LogP contribution >= 0.6 is 0 Å². The summed E-state index contributed by atoms with van der Waals surface area (Å²) in [5, 5.41) is 0. The van der Waals surface area contributed by atoms with Crippen LogP contribution in [-0.4, -0.2) is 24.3 Å². The number of fused-ring (bicyclic) bond motifs is 1. The molecule has 1 heterocycles. The van der Waals surface area contributed by atoms with E-state index in [2.05, 4.69) is 0 Å². The zero-order valence-corrected chi connectivity index (χ0v) is 10.8. The van der Waals surface area contributed by atoms with Gasteiger partial charge in [-0.2, -0.15) is 0 Å². The highest BCUT2D eigenvalue weighted by molar-refractivity contribution is 6.27. The zero-order valence-electron chi connectivity index (χ0n) is 10.8. The van der Waals surface area contributed by atoms with Gasteiger partial charge in [-0.3, -0.25) is 9.59 Å². The maximum Gasteiger partial charge on any atom is 0.254 e. The van der Waals surface area contributed by atoms with Crippen LogP contribution < -0.4 is 10.6 Å². The van der Waals surface area contributed by atoms with Gasteiger partial charge in [0.05, 0.1) is 5.69 Å². The SMILES string of the molecule is CCCCC1(N)C(=O)c2ccccc2N(C)C1=O. The number of unbranched alkanes of at least 4 members (excludes halogenated alkanes) is 1. The number of hydrogen-bond acceptors (Lipinski definition) is 3. The minimum atomic E-state index is -1.39. The Balaban J connectivity index is 2.48. The van der Waals surface area contributed by atoms with Crippen molar-refractivity contribution in [3.05, 3.63) is 29.8 Å². The van der Waals surface area contributed by atoms with E-state index >= 15 is 0 Å². The van der Waals surface area contributed by atoms with Gasteiger partial charge in [-0.25, -0.2) is 0 Å². The molecule has 4 heteroatoms. The van der Waals surface area contributed by atoms with Crippen molar-refractivity contribution in [2.75, 3.05) is 11.9 Å². The van der Waals surface area contributed by atoms with E-state index in [9.17, 15) is 9.59 Å². The minimum absolute atomic E-state index is 0.255. The summed E-state index contributed by atoms with van der Waals surface area (Å²) in [4.78, 5) is 26.2. The second-order valence-electron chi connectivity index (χ2n) is 4.79. The number of para-hydroxylation sites is 1. The first-order valence-electron chi connectivity index (χ1n) is 6.23. The Morgan fingerprint density at radius 1 is 1.28 bits per heavy atom. The van der Waals surface area contributed by atoms with Crippen molar-refractivity contribution >= 4 is 17.4 Å². The summed E-state index contributed by atoms with van der Waals surface area (Å²) < 4.78 is 0. The standard InChI is InChI=1S/C14H18N2O2/c1-3-4-9-14(15)12(17)10-7-5-6-8-11(10)16(2)13(14)18/h5-8H,3-4,9,15H2,1-2H3. The third kappa shape index (κ3) is 1.73. The summed E-state index contributed by atoms with van der Waals surface area (Å²) in [7, 11) is 1.67.